The van der Waals surface area contributed by atoms with Crippen LogP contribution in [0.1, 0.15) is 26.3 Å². The summed E-state index contributed by atoms with van der Waals surface area (Å²) < 4.78 is 36.6. The van der Waals surface area contributed by atoms with Crippen LogP contribution in [0.2, 0.25) is 0 Å². The average molecular weight is 391 g/mol. The molecule has 0 radical (unpaired) electrons. The van der Waals surface area contributed by atoms with Crippen molar-refractivity contribution in [2.24, 2.45) is 0 Å². The molecule has 3 rings (SSSR count). The number of rotatable bonds is 6. The van der Waals surface area contributed by atoms with Crippen LogP contribution in [0.5, 0.6) is 5.75 Å². The first kappa shape index (κ1) is 19.3. The van der Waals surface area contributed by atoms with Gasteiger partial charge in [0.2, 0.25) is 9.84 Å². The van der Waals surface area contributed by atoms with E-state index in [1.165, 1.54) is 18.2 Å². The van der Waals surface area contributed by atoms with Crippen molar-refractivity contribution < 1.29 is 22.8 Å². The molecule has 0 spiro atoms. The molecule has 0 bridgehead atoms. The van der Waals surface area contributed by atoms with Crippen molar-refractivity contribution in [1.82, 2.24) is 0 Å². The van der Waals surface area contributed by atoms with Gasteiger partial charge < -0.3 is 9.47 Å². The Hall–Kier alpha value is -2.45. The molecule has 8 heteroatoms. The van der Waals surface area contributed by atoms with Crippen LogP contribution in [0.4, 0.5) is 5.69 Å². The average Bonchev–Trinajstić information content (AvgIpc) is 3.43. The van der Waals surface area contributed by atoms with E-state index in [0.29, 0.717) is 6.61 Å². The van der Waals surface area contributed by atoms with Crippen molar-refractivity contribution in [3.8, 4) is 5.75 Å². The molecular weight excluding hydrogens is 370 g/mol. The number of nitro benzene ring substituents is 1. The van der Waals surface area contributed by atoms with Crippen LogP contribution in [-0.2, 0) is 20.0 Å². The van der Waals surface area contributed by atoms with Gasteiger partial charge in [0.25, 0.3) is 0 Å². The van der Waals surface area contributed by atoms with Gasteiger partial charge in [-0.1, -0.05) is 32.9 Å². The summed E-state index contributed by atoms with van der Waals surface area (Å²) in [5.74, 6) is -0.0800. The van der Waals surface area contributed by atoms with Crippen molar-refractivity contribution in [2.45, 2.75) is 42.1 Å². The van der Waals surface area contributed by atoms with Crippen molar-refractivity contribution in [1.29, 1.82) is 0 Å². The minimum Gasteiger partial charge on any atom is -0.484 e. The molecule has 1 aliphatic rings. The maximum Gasteiger partial charge on any atom is 0.311 e. The summed E-state index contributed by atoms with van der Waals surface area (Å²) in [5.41, 5.74) is 0.394. The summed E-state index contributed by atoms with van der Waals surface area (Å²) in [6, 6.07) is 10.3. The highest BCUT2D eigenvalue weighted by Gasteiger charge is 2.27. The van der Waals surface area contributed by atoms with Crippen LogP contribution in [0.25, 0.3) is 0 Å². The maximum atomic E-state index is 13.0. The normalized spacial score (nSPS) is 16.8. The van der Waals surface area contributed by atoms with Crippen molar-refractivity contribution in [2.75, 3.05) is 13.2 Å². The van der Waals surface area contributed by atoms with E-state index in [4.69, 9.17) is 9.47 Å². The minimum absolute atomic E-state index is 0.0501. The second-order valence-electron chi connectivity index (χ2n) is 7.43. The molecule has 1 fully saturated rings. The molecule has 1 saturated heterocycles. The molecule has 1 atom stereocenters. The van der Waals surface area contributed by atoms with E-state index in [0.717, 1.165) is 11.6 Å². The van der Waals surface area contributed by atoms with Gasteiger partial charge >= 0.3 is 5.69 Å². The Labute approximate surface area is 158 Å². The molecule has 1 heterocycles. The molecule has 27 heavy (non-hydrogen) atoms. The molecule has 0 saturated carbocycles. The van der Waals surface area contributed by atoms with Gasteiger partial charge in [0.05, 0.1) is 21.3 Å². The van der Waals surface area contributed by atoms with Crippen LogP contribution < -0.4 is 4.74 Å². The zero-order valence-corrected chi connectivity index (χ0v) is 16.2. The predicted molar refractivity (Wildman–Crippen MR) is 98.9 cm³/mol. The Morgan fingerprint density at radius 1 is 1.19 bits per heavy atom. The monoisotopic (exact) mass is 391 g/mol. The van der Waals surface area contributed by atoms with E-state index in [1.807, 2.05) is 26.8 Å². The number of nitrogens with zero attached hydrogens (tertiary/aromatic N) is 1. The summed E-state index contributed by atoms with van der Waals surface area (Å²) in [4.78, 5) is 10.7. The quantitative estimate of drug-likeness (QED) is 0.424. The molecule has 0 N–H and O–H groups in total. The number of benzene rings is 2. The third-order valence-electron chi connectivity index (χ3n) is 4.28. The number of nitro groups is 1. The van der Waals surface area contributed by atoms with Crippen LogP contribution in [0, 0.1) is 10.1 Å². The molecule has 7 nitrogen and oxygen atoms in total. The topological polar surface area (TPSA) is 99.0 Å². The molecule has 0 amide bonds. The zero-order chi connectivity index (χ0) is 19.8. The fourth-order valence-corrected chi connectivity index (χ4v) is 3.86. The van der Waals surface area contributed by atoms with Gasteiger partial charge in [-0.05, 0) is 29.2 Å². The molecule has 2 aromatic rings. The van der Waals surface area contributed by atoms with Gasteiger partial charge in [0, 0.05) is 12.1 Å². The second kappa shape index (κ2) is 6.94. The summed E-state index contributed by atoms with van der Waals surface area (Å²) in [5, 5.41) is 11.2. The number of hydrogen-bond donors (Lipinski definition) is 0. The van der Waals surface area contributed by atoms with Gasteiger partial charge in [-0.25, -0.2) is 8.42 Å². The molecule has 1 unspecified atom stereocenters. The smallest absolute Gasteiger partial charge is 0.311 e. The van der Waals surface area contributed by atoms with E-state index in [2.05, 4.69) is 0 Å². The number of ether oxygens (including phenoxy) is 2. The first-order valence-corrected chi connectivity index (χ1v) is 9.96. The Morgan fingerprint density at radius 3 is 2.44 bits per heavy atom. The van der Waals surface area contributed by atoms with E-state index < -0.39 is 14.8 Å². The lowest BCUT2D eigenvalue weighted by atomic mass is 9.87. The van der Waals surface area contributed by atoms with E-state index in [1.54, 1.807) is 12.1 Å². The fraction of sp³-hybridized carbons (Fsp3) is 0.368. The highest BCUT2D eigenvalue weighted by molar-refractivity contribution is 7.91. The largest absolute Gasteiger partial charge is 0.484 e. The lowest BCUT2D eigenvalue weighted by molar-refractivity contribution is -0.385. The number of epoxide rings is 1. The summed E-state index contributed by atoms with van der Waals surface area (Å²) >= 11 is 0. The zero-order valence-electron chi connectivity index (χ0n) is 15.3. The molecule has 1 aliphatic heterocycles. The Bertz CT molecular complexity index is 974. The van der Waals surface area contributed by atoms with Crippen molar-refractivity contribution in [3.63, 3.8) is 0 Å². The lowest BCUT2D eigenvalue weighted by Crippen LogP contribution is -2.12. The third-order valence-corrected chi connectivity index (χ3v) is 6.02. The molecule has 0 aromatic heterocycles. The fourth-order valence-electron chi connectivity index (χ4n) is 2.54. The van der Waals surface area contributed by atoms with Crippen LogP contribution >= 0.6 is 0 Å². The first-order valence-electron chi connectivity index (χ1n) is 8.47. The van der Waals surface area contributed by atoms with Gasteiger partial charge in [0.1, 0.15) is 12.7 Å². The Kier molecular flexibility index (Phi) is 4.96. The summed E-state index contributed by atoms with van der Waals surface area (Å²) in [6.45, 7) is 6.67. The lowest BCUT2D eigenvalue weighted by Gasteiger charge is -2.19. The van der Waals surface area contributed by atoms with Gasteiger partial charge in [-0.3, -0.25) is 10.1 Å². The second-order valence-corrected chi connectivity index (χ2v) is 9.38. The Balaban J connectivity index is 2.01. The number of hydrogen-bond acceptors (Lipinski definition) is 6. The van der Waals surface area contributed by atoms with Gasteiger partial charge in [-0.15, -0.1) is 0 Å². The van der Waals surface area contributed by atoms with Crippen molar-refractivity contribution >= 4 is 15.5 Å². The highest BCUT2D eigenvalue weighted by Crippen LogP contribution is 2.33. The molecular formula is C19H21NO6S. The first-order chi connectivity index (χ1) is 12.6. The van der Waals surface area contributed by atoms with E-state index in [9.17, 15) is 18.5 Å². The van der Waals surface area contributed by atoms with Gasteiger partial charge in [0.15, 0.2) is 5.75 Å². The van der Waals surface area contributed by atoms with Crippen LogP contribution in [0.15, 0.2) is 52.3 Å². The number of sulfone groups is 1. The SMILES string of the molecule is CC(C)(C)c1cccc(S(=O)(=O)c2ccc([N+](=O)[O-])c(OCC3CO3)c2)c1. The standard InChI is InChI=1S/C19H21NO6S/c1-19(2,3)13-5-4-6-15(9-13)27(23,24)16-7-8-17(20(21)22)18(10-16)26-12-14-11-25-14/h4-10,14H,11-12H2,1-3H3. The third kappa shape index (κ3) is 4.28. The molecule has 144 valence electrons. The minimum atomic E-state index is -3.84. The van der Waals surface area contributed by atoms with Crippen LogP contribution in [0.3, 0.4) is 0 Å². The summed E-state index contributed by atoms with van der Waals surface area (Å²) in [7, 11) is -3.84. The maximum absolute atomic E-state index is 13.0. The predicted octanol–water partition coefficient (Wildman–Crippen LogP) is 3.50. The highest BCUT2D eigenvalue weighted by atomic mass is 32.2. The Morgan fingerprint density at radius 2 is 1.85 bits per heavy atom. The molecule has 0 aliphatic carbocycles. The van der Waals surface area contributed by atoms with E-state index >= 15 is 0 Å². The van der Waals surface area contributed by atoms with Gasteiger partial charge in [-0.2, -0.15) is 0 Å². The van der Waals surface area contributed by atoms with E-state index in [-0.39, 0.29) is 39.4 Å². The van der Waals surface area contributed by atoms with Crippen molar-refractivity contribution in [3.05, 3.63) is 58.1 Å². The molecule has 2 aromatic carbocycles. The summed E-state index contributed by atoms with van der Waals surface area (Å²) in [6.07, 6.45) is -0.103. The van der Waals surface area contributed by atoms with Crippen LogP contribution in [-0.4, -0.2) is 32.7 Å².